The summed E-state index contributed by atoms with van der Waals surface area (Å²) >= 11 is 21.6. The topological polar surface area (TPSA) is 70.7 Å². The molecule has 0 unspecified atom stereocenters. The van der Waals surface area contributed by atoms with Crippen molar-refractivity contribution in [2.75, 3.05) is 5.09 Å². The summed E-state index contributed by atoms with van der Waals surface area (Å²) in [7, 11) is 0. The lowest BCUT2D eigenvalue weighted by molar-refractivity contribution is -0.137. The third-order valence-corrected chi connectivity index (χ3v) is 5.34. The van der Waals surface area contributed by atoms with Crippen molar-refractivity contribution in [2.45, 2.75) is 16.6 Å². The van der Waals surface area contributed by atoms with Gasteiger partial charge in [-0.05, 0) is 46.4 Å². The second kappa shape index (κ2) is 8.29. The number of anilines is 1. The van der Waals surface area contributed by atoms with Gasteiger partial charge in [0.25, 0.3) is 0 Å². The van der Waals surface area contributed by atoms with Gasteiger partial charge >= 0.3 is 17.7 Å². The van der Waals surface area contributed by atoms with Crippen molar-refractivity contribution >= 4 is 69.3 Å². The highest BCUT2D eigenvalue weighted by atomic mass is 35.9. The molecular formula is C12H3Cl4F6N4OPS. The summed E-state index contributed by atoms with van der Waals surface area (Å²) in [6.07, 6.45) is -4.83. The first-order valence-electron chi connectivity index (χ1n) is 6.66. The van der Waals surface area contributed by atoms with Crippen LogP contribution < -0.4 is 5.09 Å². The molecular weight excluding hydrogens is 535 g/mol. The molecule has 2 aromatic rings. The van der Waals surface area contributed by atoms with Crippen LogP contribution in [-0.2, 0) is 10.7 Å². The van der Waals surface area contributed by atoms with E-state index in [0.717, 1.165) is 0 Å². The summed E-state index contributed by atoms with van der Waals surface area (Å²) < 4.78 is 89.6. The normalized spacial score (nSPS) is 12.7. The van der Waals surface area contributed by atoms with Crippen LogP contribution >= 0.6 is 63.4 Å². The third-order valence-electron chi connectivity index (χ3n) is 2.96. The van der Waals surface area contributed by atoms with Gasteiger partial charge in [0.2, 0.25) is 0 Å². The van der Waals surface area contributed by atoms with Crippen LogP contribution in [0, 0.1) is 11.3 Å². The fraction of sp³-hybridized carbons (Fsp3) is 0.167. The van der Waals surface area contributed by atoms with Gasteiger partial charge in [0.05, 0.1) is 20.5 Å². The number of nitrogens with zero attached hydrogens (tertiary/aromatic N) is 3. The molecule has 0 bridgehead atoms. The molecule has 0 saturated carbocycles. The number of nitriles is 1. The molecule has 0 spiro atoms. The average molecular weight is 538 g/mol. The predicted molar refractivity (Wildman–Crippen MR) is 98.1 cm³/mol. The van der Waals surface area contributed by atoms with Crippen LogP contribution in [0.5, 0.6) is 0 Å². The van der Waals surface area contributed by atoms with E-state index in [1.807, 2.05) is 5.09 Å². The monoisotopic (exact) mass is 536 g/mol. The molecule has 0 radical (unpaired) electrons. The first-order valence-corrected chi connectivity index (χ1v) is 11.8. The minimum atomic E-state index is -4.92. The number of alkyl halides is 6. The zero-order valence-electron chi connectivity index (χ0n) is 13.0. The first kappa shape index (κ1) is 24.3. The first-order chi connectivity index (χ1) is 13.0. The molecule has 2 rings (SSSR count). The summed E-state index contributed by atoms with van der Waals surface area (Å²) in [6, 6.07) is 2.26. The standard InChI is InChI=1S/C12H3Cl4F6N4OPS/c13-5-1-4(11(17,18)19)2-6(14)8(5)26-10(25-28(15,16)27)9(7(3-23)24-26)29-12(20,21)22/h1-2H,(H,25,27). The van der Waals surface area contributed by atoms with Crippen LogP contribution in [0.15, 0.2) is 17.0 Å². The zero-order valence-corrected chi connectivity index (χ0v) is 17.8. The summed E-state index contributed by atoms with van der Waals surface area (Å²) in [5.41, 5.74) is -7.53. The van der Waals surface area contributed by atoms with Gasteiger partial charge in [-0.1, -0.05) is 23.2 Å². The van der Waals surface area contributed by atoms with Crippen LogP contribution in [0.1, 0.15) is 11.3 Å². The zero-order chi connectivity index (χ0) is 22.4. The number of hydrogen-bond acceptors (Lipinski definition) is 4. The molecule has 5 nitrogen and oxygen atoms in total. The van der Waals surface area contributed by atoms with Crippen LogP contribution in [-0.4, -0.2) is 15.3 Å². The highest BCUT2D eigenvalue weighted by molar-refractivity contribution is 8.09. The lowest BCUT2D eigenvalue weighted by Crippen LogP contribution is -2.09. The molecule has 1 heterocycles. The Balaban J connectivity index is 2.83. The number of thioether (sulfide) groups is 1. The van der Waals surface area contributed by atoms with Crippen molar-refractivity contribution in [1.82, 2.24) is 9.78 Å². The molecule has 0 amide bonds. The van der Waals surface area contributed by atoms with Crippen LogP contribution in [0.2, 0.25) is 10.0 Å². The number of nitrogens with one attached hydrogen (secondary N) is 1. The minimum absolute atomic E-state index is 0.442. The van der Waals surface area contributed by atoms with Gasteiger partial charge in [-0.15, -0.1) is 0 Å². The van der Waals surface area contributed by atoms with Crippen LogP contribution in [0.4, 0.5) is 32.2 Å². The number of benzene rings is 1. The molecule has 1 aromatic carbocycles. The minimum Gasteiger partial charge on any atom is -0.296 e. The Labute approximate surface area is 181 Å². The van der Waals surface area contributed by atoms with Crippen molar-refractivity contribution in [2.24, 2.45) is 0 Å². The Kier molecular flexibility index (Phi) is 6.95. The second-order valence-electron chi connectivity index (χ2n) is 4.96. The molecule has 0 saturated heterocycles. The molecule has 0 aliphatic heterocycles. The lowest BCUT2D eigenvalue weighted by atomic mass is 10.2. The molecule has 1 aromatic heterocycles. The summed E-state index contributed by atoms with van der Waals surface area (Å²) in [4.78, 5) is -0.895. The summed E-state index contributed by atoms with van der Waals surface area (Å²) in [5.74, 6) is -5.12. The van der Waals surface area contributed by atoms with E-state index >= 15 is 0 Å². The van der Waals surface area contributed by atoms with Crippen molar-refractivity contribution in [3.05, 3.63) is 33.4 Å². The van der Waals surface area contributed by atoms with E-state index in [0.29, 0.717) is 16.8 Å². The van der Waals surface area contributed by atoms with Crippen molar-refractivity contribution < 1.29 is 30.9 Å². The molecule has 0 aliphatic carbocycles. The predicted octanol–water partition coefficient (Wildman–Crippen LogP) is 7.68. The quantitative estimate of drug-likeness (QED) is 0.246. The SMILES string of the molecule is N#Cc1nn(-c2c(Cl)cc(C(F)(F)F)cc2Cl)c(NP(=O)(Cl)Cl)c1SC(F)(F)F. The van der Waals surface area contributed by atoms with E-state index in [1.54, 1.807) is 0 Å². The van der Waals surface area contributed by atoms with Crippen molar-refractivity contribution in [3.63, 3.8) is 0 Å². The van der Waals surface area contributed by atoms with Gasteiger partial charge in [0.15, 0.2) is 11.5 Å². The maximum atomic E-state index is 12.9. The van der Waals surface area contributed by atoms with Crippen molar-refractivity contribution in [1.29, 1.82) is 5.26 Å². The number of aromatic nitrogens is 2. The van der Waals surface area contributed by atoms with E-state index in [-0.39, 0.29) is 0 Å². The van der Waals surface area contributed by atoms with Gasteiger partial charge in [0.1, 0.15) is 11.8 Å². The third kappa shape index (κ3) is 6.03. The fourth-order valence-electron chi connectivity index (χ4n) is 2.00. The Morgan fingerprint density at radius 1 is 1.14 bits per heavy atom. The van der Waals surface area contributed by atoms with E-state index in [9.17, 15) is 30.9 Å². The second-order valence-corrected chi connectivity index (χ2v) is 11.4. The number of hydrogen-bond donors (Lipinski definition) is 1. The Morgan fingerprint density at radius 2 is 1.66 bits per heavy atom. The van der Waals surface area contributed by atoms with Crippen molar-refractivity contribution in [3.8, 4) is 11.8 Å². The van der Waals surface area contributed by atoms with E-state index < -0.39 is 67.1 Å². The lowest BCUT2D eigenvalue weighted by Gasteiger charge is -2.16. The van der Waals surface area contributed by atoms with Crippen LogP contribution in [0.3, 0.4) is 0 Å². The average Bonchev–Trinajstić information content (AvgIpc) is 2.80. The fourth-order valence-corrected chi connectivity index (χ4v) is 4.31. The van der Waals surface area contributed by atoms with Crippen LogP contribution in [0.25, 0.3) is 5.69 Å². The van der Waals surface area contributed by atoms with E-state index in [4.69, 9.17) is 50.9 Å². The van der Waals surface area contributed by atoms with Gasteiger partial charge in [-0.3, -0.25) is 9.65 Å². The molecule has 29 heavy (non-hydrogen) atoms. The number of rotatable bonds is 4. The number of halogens is 10. The Morgan fingerprint density at radius 3 is 2.03 bits per heavy atom. The largest absolute Gasteiger partial charge is 0.446 e. The Hall–Kier alpha value is -0.960. The maximum Gasteiger partial charge on any atom is 0.446 e. The molecule has 17 heteroatoms. The highest BCUT2D eigenvalue weighted by Crippen LogP contribution is 2.58. The summed E-state index contributed by atoms with van der Waals surface area (Å²) in [5, 5.41) is 13.2. The molecule has 0 fully saturated rings. The smallest absolute Gasteiger partial charge is 0.296 e. The van der Waals surface area contributed by atoms with Gasteiger partial charge in [-0.2, -0.15) is 36.7 Å². The maximum absolute atomic E-state index is 12.9. The molecule has 1 N–H and O–H groups in total. The van der Waals surface area contributed by atoms with Gasteiger partial charge in [-0.25, -0.2) is 4.68 Å². The molecule has 158 valence electrons. The molecule has 0 atom stereocenters. The summed E-state index contributed by atoms with van der Waals surface area (Å²) in [6.45, 7) is 0. The van der Waals surface area contributed by atoms with Gasteiger partial charge < -0.3 is 0 Å². The highest BCUT2D eigenvalue weighted by Gasteiger charge is 2.37. The molecule has 0 aliphatic rings. The van der Waals surface area contributed by atoms with E-state index in [2.05, 4.69) is 5.10 Å². The van der Waals surface area contributed by atoms with E-state index in [1.165, 1.54) is 6.07 Å². The van der Waals surface area contributed by atoms with Gasteiger partial charge in [0, 0.05) is 0 Å². The Bertz CT molecular complexity index is 1020.